The number of nitrogens with zero attached hydrogens (tertiary/aromatic N) is 1. The van der Waals surface area contributed by atoms with Crippen LogP contribution in [0.15, 0.2) is 11.7 Å². The van der Waals surface area contributed by atoms with Gasteiger partial charge in [-0.25, -0.2) is 0 Å². The van der Waals surface area contributed by atoms with Crippen LogP contribution >= 0.6 is 11.3 Å². The molecule has 0 unspecified atom stereocenters. The van der Waals surface area contributed by atoms with Crippen molar-refractivity contribution >= 4 is 11.3 Å². The van der Waals surface area contributed by atoms with E-state index < -0.39 is 0 Å². The average molecular weight is 198 g/mol. The van der Waals surface area contributed by atoms with Crippen LogP contribution in [-0.4, -0.2) is 0 Å². The first-order valence-electron chi connectivity index (χ1n) is 4.72. The lowest BCUT2D eigenvalue weighted by Gasteiger charge is -2.13. The first-order chi connectivity index (χ1) is 5.71. The van der Waals surface area contributed by atoms with Crippen LogP contribution < -0.4 is 4.57 Å². The maximum Gasteiger partial charge on any atom is 0.225 e. The van der Waals surface area contributed by atoms with Gasteiger partial charge in [-0.05, 0) is 0 Å². The summed E-state index contributed by atoms with van der Waals surface area (Å²) in [6.07, 6.45) is 2.27. The first kappa shape index (κ1) is 10.7. The predicted octanol–water partition coefficient (Wildman–Crippen LogP) is 3.09. The van der Waals surface area contributed by atoms with Crippen LogP contribution in [0.3, 0.4) is 0 Å². The Hall–Kier alpha value is -0.370. The van der Waals surface area contributed by atoms with Crippen LogP contribution in [0.25, 0.3) is 0 Å². The van der Waals surface area contributed by atoms with E-state index in [-0.39, 0.29) is 11.0 Å². The highest BCUT2D eigenvalue weighted by Crippen LogP contribution is 2.25. The lowest BCUT2D eigenvalue weighted by Crippen LogP contribution is -2.48. The van der Waals surface area contributed by atoms with Gasteiger partial charge in [0.05, 0.1) is 4.88 Å². The average Bonchev–Trinajstić information content (AvgIpc) is 2.28. The van der Waals surface area contributed by atoms with E-state index >= 15 is 0 Å². The van der Waals surface area contributed by atoms with Crippen molar-refractivity contribution in [2.24, 2.45) is 0 Å². The van der Waals surface area contributed by atoms with Crippen molar-refractivity contribution in [1.29, 1.82) is 0 Å². The molecule has 0 spiro atoms. The molecule has 0 aromatic carbocycles. The van der Waals surface area contributed by atoms with E-state index in [9.17, 15) is 0 Å². The Morgan fingerprint density at radius 1 is 1.08 bits per heavy atom. The van der Waals surface area contributed by atoms with Crippen LogP contribution in [-0.2, 0) is 11.0 Å². The summed E-state index contributed by atoms with van der Waals surface area (Å²) >= 11 is 1.85. The van der Waals surface area contributed by atoms with Gasteiger partial charge in [0.15, 0.2) is 11.7 Å². The van der Waals surface area contributed by atoms with Crippen molar-refractivity contribution in [3.8, 4) is 0 Å². The largest absolute Gasteiger partial charge is 0.225 e. The second-order valence-electron chi connectivity index (χ2n) is 5.54. The summed E-state index contributed by atoms with van der Waals surface area (Å²) < 4.78 is 2.29. The van der Waals surface area contributed by atoms with Gasteiger partial charge in [0, 0.05) is 26.2 Å². The van der Waals surface area contributed by atoms with Crippen molar-refractivity contribution in [3.63, 3.8) is 0 Å². The molecule has 1 nitrogen and oxygen atoms in total. The molecule has 0 amide bonds. The van der Waals surface area contributed by atoms with Crippen molar-refractivity contribution in [1.82, 2.24) is 0 Å². The van der Waals surface area contributed by atoms with E-state index in [1.165, 1.54) is 4.88 Å². The van der Waals surface area contributed by atoms with Crippen LogP contribution in [0.5, 0.6) is 0 Å². The van der Waals surface area contributed by atoms with Crippen molar-refractivity contribution < 1.29 is 4.57 Å². The van der Waals surface area contributed by atoms with Crippen molar-refractivity contribution in [3.05, 3.63) is 16.6 Å². The molecule has 1 rings (SSSR count). The summed E-state index contributed by atoms with van der Waals surface area (Å²) in [6, 6.07) is 0. The summed E-state index contributed by atoms with van der Waals surface area (Å²) in [5.74, 6) is 0. The van der Waals surface area contributed by atoms with Gasteiger partial charge in [-0.3, -0.25) is 0 Å². The van der Waals surface area contributed by atoms with Gasteiger partial charge < -0.3 is 0 Å². The van der Waals surface area contributed by atoms with Crippen molar-refractivity contribution in [2.45, 2.75) is 52.5 Å². The summed E-state index contributed by atoms with van der Waals surface area (Å²) in [7, 11) is 0. The Morgan fingerprint density at radius 2 is 1.62 bits per heavy atom. The Morgan fingerprint density at radius 3 is 1.85 bits per heavy atom. The molecule has 0 radical (unpaired) electrons. The summed E-state index contributed by atoms with van der Waals surface area (Å²) in [5, 5.41) is 0. The zero-order valence-electron chi connectivity index (χ0n) is 9.51. The molecule has 0 fully saturated rings. The Labute approximate surface area is 85.4 Å². The minimum atomic E-state index is 0.208. The molecule has 13 heavy (non-hydrogen) atoms. The normalized spacial score (nSPS) is 13.4. The van der Waals surface area contributed by atoms with E-state index in [1.54, 1.807) is 0 Å². The van der Waals surface area contributed by atoms with Crippen LogP contribution in [0.1, 0.15) is 46.4 Å². The molecule has 0 bridgehead atoms. The van der Waals surface area contributed by atoms with Gasteiger partial charge in [-0.1, -0.05) is 32.1 Å². The minimum absolute atomic E-state index is 0.208. The minimum Gasteiger partial charge on any atom is -0.191 e. The molecule has 0 saturated carbocycles. The van der Waals surface area contributed by atoms with Crippen molar-refractivity contribution in [2.75, 3.05) is 0 Å². The Bertz CT molecular complexity index is 257. The maximum atomic E-state index is 2.29. The molecule has 0 atom stereocenters. The van der Waals surface area contributed by atoms with Gasteiger partial charge >= 0.3 is 0 Å². The Kier molecular flexibility index (Phi) is 2.54. The van der Waals surface area contributed by atoms with Gasteiger partial charge in [-0.15, -0.1) is 0 Å². The molecule has 1 aromatic rings. The van der Waals surface area contributed by atoms with Gasteiger partial charge in [0.1, 0.15) is 0 Å². The molecule has 74 valence electrons. The van der Waals surface area contributed by atoms with E-state index in [2.05, 4.69) is 57.8 Å². The van der Waals surface area contributed by atoms with E-state index in [4.69, 9.17) is 0 Å². The molecular weight excluding hydrogens is 178 g/mol. The second kappa shape index (κ2) is 3.09. The molecule has 0 saturated heterocycles. The third-order valence-corrected chi connectivity index (χ3v) is 3.37. The smallest absolute Gasteiger partial charge is 0.191 e. The number of aromatic nitrogens is 1. The second-order valence-corrected chi connectivity index (χ2v) is 6.43. The number of rotatable bonds is 0. The molecule has 1 aromatic heterocycles. The maximum absolute atomic E-state index is 2.29. The van der Waals surface area contributed by atoms with E-state index in [0.717, 1.165) is 0 Å². The van der Waals surface area contributed by atoms with E-state index in [1.807, 2.05) is 11.3 Å². The number of hydrogen-bond donors (Lipinski definition) is 0. The Balaban J connectivity index is 3.01. The molecular formula is C11H20NS+. The zero-order chi connectivity index (χ0) is 10.3. The van der Waals surface area contributed by atoms with Crippen LogP contribution in [0.2, 0.25) is 0 Å². The lowest BCUT2D eigenvalue weighted by molar-refractivity contribution is -0.750. The van der Waals surface area contributed by atoms with Crippen LogP contribution in [0.4, 0.5) is 0 Å². The molecule has 0 aliphatic rings. The summed E-state index contributed by atoms with van der Waals surface area (Å²) in [5.41, 5.74) is 2.70. The summed E-state index contributed by atoms with van der Waals surface area (Å²) in [4.78, 5) is 1.45. The SMILES string of the molecule is CC(C)(C)c1c[n+](C(C)(C)C)cs1. The number of hydrogen-bond acceptors (Lipinski definition) is 1. The van der Waals surface area contributed by atoms with E-state index in [0.29, 0.717) is 0 Å². The molecule has 0 N–H and O–H groups in total. The standard InChI is InChI=1S/C11H20NS/c1-10(2,3)9-7-12(8-13-9)11(4,5)6/h7-8H,1-6H3/q+1. The molecule has 0 aliphatic carbocycles. The highest BCUT2D eigenvalue weighted by atomic mass is 32.1. The lowest BCUT2D eigenvalue weighted by atomic mass is 9.95. The fourth-order valence-electron chi connectivity index (χ4n) is 1.02. The molecule has 1 heterocycles. The first-order valence-corrected chi connectivity index (χ1v) is 5.60. The molecule has 0 aliphatic heterocycles. The summed E-state index contributed by atoms with van der Waals surface area (Å²) in [6.45, 7) is 13.5. The monoisotopic (exact) mass is 198 g/mol. The third kappa shape index (κ3) is 2.53. The van der Waals surface area contributed by atoms with Gasteiger partial charge in [-0.2, -0.15) is 4.57 Å². The highest BCUT2D eigenvalue weighted by Gasteiger charge is 2.26. The van der Waals surface area contributed by atoms with Gasteiger partial charge in [0.25, 0.3) is 0 Å². The zero-order valence-corrected chi connectivity index (χ0v) is 10.3. The highest BCUT2D eigenvalue weighted by molar-refractivity contribution is 7.09. The quantitative estimate of drug-likeness (QED) is 0.564. The topological polar surface area (TPSA) is 3.88 Å². The fourth-order valence-corrected chi connectivity index (χ4v) is 2.16. The van der Waals surface area contributed by atoms with Gasteiger partial charge in [0.2, 0.25) is 5.51 Å². The third-order valence-electron chi connectivity index (χ3n) is 2.06. The number of thiazole rings is 1. The predicted molar refractivity (Wildman–Crippen MR) is 58.2 cm³/mol. The fraction of sp³-hybridized carbons (Fsp3) is 0.727. The van der Waals surface area contributed by atoms with Crippen LogP contribution in [0, 0.1) is 0 Å². The molecule has 2 heteroatoms.